The van der Waals surface area contributed by atoms with Gasteiger partial charge < -0.3 is 14.4 Å². The van der Waals surface area contributed by atoms with E-state index in [9.17, 15) is 4.79 Å². The van der Waals surface area contributed by atoms with Gasteiger partial charge in [-0.05, 0) is 44.4 Å². The summed E-state index contributed by atoms with van der Waals surface area (Å²) < 4.78 is 7.85. The number of aliphatic carboxylic acids is 1. The number of carboxylic acids is 1. The Bertz CT molecular complexity index is 713. The third-order valence-corrected chi connectivity index (χ3v) is 4.61. The molecular formula is C16H21N3O3S. The molecule has 6 nitrogen and oxygen atoms in total. The van der Waals surface area contributed by atoms with Crippen LogP contribution in [-0.2, 0) is 17.9 Å². The van der Waals surface area contributed by atoms with Crippen molar-refractivity contribution >= 4 is 17.7 Å². The van der Waals surface area contributed by atoms with E-state index in [0.29, 0.717) is 24.1 Å². The maximum atomic E-state index is 10.7. The molecule has 1 aromatic heterocycles. The predicted octanol–water partition coefficient (Wildman–Crippen LogP) is 2.98. The van der Waals surface area contributed by atoms with Crippen LogP contribution in [0.4, 0.5) is 0 Å². The molecule has 2 rings (SSSR count). The van der Waals surface area contributed by atoms with Crippen molar-refractivity contribution in [2.45, 2.75) is 46.0 Å². The fraction of sp³-hybridized carbons (Fsp3) is 0.438. The Morgan fingerprint density at radius 3 is 2.61 bits per heavy atom. The number of aromatic nitrogens is 3. The van der Waals surface area contributed by atoms with Crippen molar-refractivity contribution in [1.82, 2.24) is 14.8 Å². The first-order chi connectivity index (χ1) is 10.9. The molecule has 0 spiro atoms. The number of benzene rings is 1. The fourth-order valence-corrected chi connectivity index (χ4v) is 3.00. The Morgan fingerprint density at radius 2 is 1.96 bits per heavy atom. The van der Waals surface area contributed by atoms with Crippen LogP contribution in [0.2, 0.25) is 0 Å². The minimum absolute atomic E-state index is 0.0327. The number of hydrogen-bond acceptors (Lipinski definition) is 5. The SMILES string of the molecule is CCn1c(COc2c(C)ccc(C)c2C)nnc1SCC(=O)O. The Morgan fingerprint density at radius 1 is 1.26 bits per heavy atom. The number of carbonyl (C=O) groups is 1. The zero-order chi connectivity index (χ0) is 17.0. The molecule has 0 radical (unpaired) electrons. The van der Waals surface area contributed by atoms with Gasteiger partial charge in [0.05, 0.1) is 5.75 Å². The van der Waals surface area contributed by atoms with Gasteiger partial charge in [0, 0.05) is 6.54 Å². The fourth-order valence-electron chi connectivity index (χ4n) is 2.26. The van der Waals surface area contributed by atoms with Crippen molar-refractivity contribution < 1.29 is 14.6 Å². The van der Waals surface area contributed by atoms with Gasteiger partial charge in [0.1, 0.15) is 12.4 Å². The molecule has 0 amide bonds. The Labute approximate surface area is 139 Å². The summed E-state index contributed by atoms with van der Waals surface area (Å²) in [6.07, 6.45) is 0. The monoisotopic (exact) mass is 335 g/mol. The highest BCUT2D eigenvalue weighted by atomic mass is 32.2. The molecule has 0 saturated heterocycles. The van der Waals surface area contributed by atoms with E-state index in [0.717, 1.165) is 16.9 Å². The van der Waals surface area contributed by atoms with Crippen LogP contribution in [0.25, 0.3) is 0 Å². The first-order valence-corrected chi connectivity index (χ1v) is 8.38. The number of carboxylic acid groups (broad SMARTS) is 1. The number of ether oxygens (including phenoxy) is 1. The molecule has 0 atom stereocenters. The molecule has 1 aromatic carbocycles. The van der Waals surface area contributed by atoms with Crippen LogP contribution < -0.4 is 4.74 Å². The summed E-state index contributed by atoms with van der Waals surface area (Å²) in [4.78, 5) is 10.7. The maximum Gasteiger partial charge on any atom is 0.313 e. The van der Waals surface area contributed by atoms with Gasteiger partial charge in [-0.3, -0.25) is 4.79 Å². The lowest BCUT2D eigenvalue weighted by atomic mass is 10.1. The van der Waals surface area contributed by atoms with E-state index in [1.807, 2.05) is 31.4 Å². The van der Waals surface area contributed by atoms with Gasteiger partial charge >= 0.3 is 5.97 Å². The van der Waals surface area contributed by atoms with E-state index in [4.69, 9.17) is 9.84 Å². The lowest BCUT2D eigenvalue weighted by Crippen LogP contribution is -2.09. The van der Waals surface area contributed by atoms with Gasteiger partial charge in [0.2, 0.25) is 0 Å². The van der Waals surface area contributed by atoms with Gasteiger partial charge in [-0.25, -0.2) is 0 Å². The topological polar surface area (TPSA) is 77.2 Å². The van der Waals surface area contributed by atoms with Crippen molar-refractivity contribution in [2.24, 2.45) is 0 Å². The Hall–Kier alpha value is -2.02. The average Bonchev–Trinajstić information content (AvgIpc) is 2.91. The minimum atomic E-state index is -0.871. The van der Waals surface area contributed by atoms with Crippen LogP contribution >= 0.6 is 11.8 Å². The van der Waals surface area contributed by atoms with Crippen molar-refractivity contribution in [1.29, 1.82) is 0 Å². The molecule has 1 heterocycles. The molecule has 0 fully saturated rings. The number of hydrogen-bond donors (Lipinski definition) is 1. The third-order valence-electron chi connectivity index (χ3n) is 3.65. The third kappa shape index (κ3) is 4.04. The summed E-state index contributed by atoms with van der Waals surface area (Å²) in [5.74, 6) is 0.662. The molecule has 1 N–H and O–H groups in total. The molecule has 7 heteroatoms. The normalized spacial score (nSPS) is 10.8. The van der Waals surface area contributed by atoms with Crippen molar-refractivity contribution in [3.63, 3.8) is 0 Å². The van der Waals surface area contributed by atoms with E-state index >= 15 is 0 Å². The molecule has 0 aliphatic rings. The molecule has 124 valence electrons. The van der Waals surface area contributed by atoms with E-state index in [1.165, 1.54) is 17.3 Å². The van der Waals surface area contributed by atoms with Gasteiger partial charge in [0.25, 0.3) is 0 Å². The molecule has 0 unspecified atom stereocenters. The van der Waals surface area contributed by atoms with Gasteiger partial charge in [-0.15, -0.1) is 10.2 Å². The second-order valence-electron chi connectivity index (χ2n) is 5.27. The summed E-state index contributed by atoms with van der Waals surface area (Å²) in [6, 6.07) is 4.11. The van der Waals surface area contributed by atoms with Crippen LogP contribution in [0.5, 0.6) is 5.75 Å². The zero-order valence-electron chi connectivity index (χ0n) is 13.8. The first kappa shape index (κ1) is 17.3. The van der Waals surface area contributed by atoms with E-state index in [2.05, 4.69) is 23.2 Å². The Balaban J connectivity index is 2.15. The average molecular weight is 335 g/mol. The van der Waals surface area contributed by atoms with Crippen LogP contribution in [0.15, 0.2) is 17.3 Å². The highest BCUT2D eigenvalue weighted by Gasteiger charge is 2.14. The summed E-state index contributed by atoms with van der Waals surface area (Å²) in [6.45, 7) is 9.05. The quantitative estimate of drug-likeness (QED) is 0.784. The maximum absolute atomic E-state index is 10.7. The molecule has 23 heavy (non-hydrogen) atoms. The summed E-state index contributed by atoms with van der Waals surface area (Å²) in [5, 5.41) is 17.6. The van der Waals surface area contributed by atoms with Crippen molar-refractivity contribution in [2.75, 3.05) is 5.75 Å². The second kappa shape index (κ2) is 7.50. The van der Waals surface area contributed by atoms with E-state index in [-0.39, 0.29) is 5.75 Å². The highest BCUT2D eigenvalue weighted by Crippen LogP contribution is 2.27. The Kier molecular flexibility index (Phi) is 5.65. The molecule has 0 aliphatic heterocycles. The predicted molar refractivity (Wildman–Crippen MR) is 89.0 cm³/mol. The summed E-state index contributed by atoms with van der Waals surface area (Å²) in [7, 11) is 0. The van der Waals surface area contributed by atoms with Crippen LogP contribution in [0.3, 0.4) is 0 Å². The minimum Gasteiger partial charge on any atom is -0.485 e. The van der Waals surface area contributed by atoms with Crippen LogP contribution in [0, 0.1) is 20.8 Å². The van der Waals surface area contributed by atoms with E-state index in [1.54, 1.807) is 0 Å². The number of thioether (sulfide) groups is 1. The van der Waals surface area contributed by atoms with Gasteiger partial charge in [0.15, 0.2) is 11.0 Å². The molecule has 0 saturated carbocycles. The number of rotatable bonds is 7. The molecular weight excluding hydrogens is 314 g/mol. The largest absolute Gasteiger partial charge is 0.485 e. The van der Waals surface area contributed by atoms with Gasteiger partial charge in [-0.1, -0.05) is 23.9 Å². The number of nitrogens with zero attached hydrogens (tertiary/aromatic N) is 3. The van der Waals surface area contributed by atoms with E-state index < -0.39 is 5.97 Å². The lowest BCUT2D eigenvalue weighted by Gasteiger charge is -2.14. The van der Waals surface area contributed by atoms with Crippen molar-refractivity contribution in [3.05, 3.63) is 34.6 Å². The van der Waals surface area contributed by atoms with Gasteiger partial charge in [-0.2, -0.15) is 0 Å². The summed E-state index contributed by atoms with van der Waals surface area (Å²) >= 11 is 1.17. The summed E-state index contributed by atoms with van der Waals surface area (Å²) in [5.41, 5.74) is 3.38. The van der Waals surface area contributed by atoms with Crippen LogP contribution in [0.1, 0.15) is 29.4 Å². The number of aryl methyl sites for hydroxylation is 2. The van der Waals surface area contributed by atoms with Crippen LogP contribution in [-0.4, -0.2) is 31.6 Å². The zero-order valence-corrected chi connectivity index (χ0v) is 14.6. The highest BCUT2D eigenvalue weighted by molar-refractivity contribution is 7.99. The molecule has 0 bridgehead atoms. The molecule has 0 aliphatic carbocycles. The second-order valence-corrected chi connectivity index (χ2v) is 6.21. The lowest BCUT2D eigenvalue weighted by molar-refractivity contribution is -0.133. The first-order valence-electron chi connectivity index (χ1n) is 7.40. The smallest absolute Gasteiger partial charge is 0.313 e. The standard InChI is InChI=1S/C16H21N3O3S/c1-5-19-13(17-18-16(19)23-9-14(20)21)8-22-15-11(3)7-6-10(2)12(15)4/h6-7H,5,8-9H2,1-4H3,(H,20,21). The molecule has 2 aromatic rings. The van der Waals surface area contributed by atoms with Crippen molar-refractivity contribution in [3.8, 4) is 5.75 Å².